The highest BCUT2D eigenvalue weighted by atomic mass is 32.2. The number of nitrogens with one attached hydrogen (secondary N) is 1. The second-order valence-corrected chi connectivity index (χ2v) is 7.73. The third kappa shape index (κ3) is 3.73. The van der Waals surface area contributed by atoms with Crippen LogP contribution in [0.1, 0.15) is 39.1 Å². The number of fused-ring (bicyclic) bond motifs is 1. The lowest BCUT2D eigenvalue weighted by atomic mass is 10.0. The quantitative estimate of drug-likeness (QED) is 0.799. The number of anilines is 1. The Balaban J connectivity index is 1.54. The number of carbonyl (C=O) groups is 2. The fourth-order valence-electron chi connectivity index (χ4n) is 3.69. The smallest absolute Gasteiger partial charge is 0.256 e. The van der Waals surface area contributed by atoms with Crippen molar-refractivity contribution in [3.05, 3.63) is 59.2 Å². The summed E-state index contributed by atoms with van der Waals surface area (Å²) >= 11 is 1.62. The van der Waals surface area contributed by atoms with Gasteiger partial charge < -0.3 is 15.0 Å². The number of thioether (sulfide) groups is 1. The molecule has 0 bridgehead atoms. The summed E-state index contributed by atoms with van der Waals surface area (Å²) in [5, 5.41) is 2.92. The Labute approximate surface area is 163 Å². The molecule has 1 saturated heterocycles. The van der Waals surface area contributed by atoms with E-state index in [9.17, 15) is 9.59 Å². The van der Waals surface area contributed by atoms with E-state index in [0.717, 1.165) is 35.6 Å². The average Bonchev–Trinajstić information content (AvgIpc) is 3.30. The summed E-state index contributed by atoms with van der Waals surface area (Å²) < 4.78 is 5.67. The molecule has 2 aliphatic rings. The SMILES string of the molecule is CSc1cccc(NC(=O)c2cccc3c2C(=O)N(C[C@H]2CCCO2)C3)c1. The van der Waals surface area contributed by atoms with Crippen LogP contribution >= 0.6 is 11.8 Å². The monoisotopic (exact) mass is 382 g/mol. The van der Waals surface area contributed by atoms with Crippen molar-refractivity contribution in [1.29, 1.82) is 0 Å². The third-order valence-corrected chi connectivity index (χ3v) is 5.76. The van der Waals surface area contributed by atoms with Crippen LogP contribution in [0.3, 0.4) is 0 Å². The lowest BCUT2D eigenvalue weighted by Gasteiger charge is -2.19. The first-order chi connectivity index (χ1) is 13.2. The maximum Gasteiger partial charge on any atom is 0.256 e. The molecule has 0 spiro atoms. The number of hydrogen-bond donors (Lipinski definition) is 1. The second-order valence-electron chi connectivity index (χ2n) is 6.85. The zero-order valence-electron chi connectivity index (χ0n) is 15.2. The summed E-state index contributed by atoms with van der Waals surface area (Å²) in [5.74, 6) is -0.332. The Morgan fingerprint density at radius 2 is 2.15 bits per heavy atom. The summed E-state index contributed by atoms with van der Waals surface area (Å²) in [6.07, 6.45) is 4.13. The van der Waals surface area contributed by atoms with Crippen LogP contribution in [0.25, 0.3) is 0 Å². The van der Waals surface area contributed by atoms with Crippen molar-refractivity contribution in [2.45, 2.75) is 30.4 Å². The molecule has 2 amide bonds. The molecule has 2 aliphatic heterocycles. The van der Waals surface area contributed by atoms with Crippen LogP contribution in [0.2, 0.25) is 0 Å². The highest BCUT2D eigenvalue weighted by molar-refractivity contribution is 7.98. The molecule has 0 radical (unpaired) electrons. The van der Waals surface area contributed by atoms with E-state index in [1.807, 2.05) is 42.7 Å². The largest absolute Gasteiger partial charge is 0.376 e. The van der Waals surface area contributed by atoms with Gasteiger partial charge in [-0.2, -0.15) is 0 Å². The maximum absolute atomic E-state index is 12.9. The highest BCUT2D eigenvalue weighted by Gasteiger charge is 2.33. The van der Waals surface area contributed by atoms with Gasteiger partial charge in [0.2, 0.25) is 0 Å². The molecule has 27 heavy (non-hydrogen) atoms. The molecule has 0 aromatic heterocycles. The average molecular weight is 382 g/mol. The van der Waals surface area contributed by atoms with Gasteiger partial charge in [0.1, 0.15) is 0 Å². The van der Waals surface area contributed by atoms with E-state index < -0.39 is 0 Å². The molecule has 0 aliphatic carbocycles. The molecule has 0 saturated carbocycles. The van der Waals surface area contributed by atoms with Crippen LogP contribution in [0, 0.1) is 0 Å². The fourth-order valence-corrected chi connectivity index (χ4v) is 4.15. The molecule has 5 nitrogen and oxygen atoms in total. The van der Waals surface area contributed by atoms with E-state index in [4.69, 9.17) is 4.74 Å². The summed E-state index contributed by atoms with van der Waals surface area (Å²) in [5.41, 5.74) is 2.59. The van der Waals surface area contributed by atoms with Crippen molar-refractivity contribution in [2.75, 3.05) is 24.7 Å². The molecule has 2 aromatic rings. The second kappa shape index (κ2) is 7.74. The van der Waals surface area contributed by atoms with E-state index in [-0.39, 0.29) is 17.9 Å². The van der Waals surface area contributed by atoms with Gasteiger partial charge in [0.05, 0.1) is 17.2 Å². The van der Waals surface area contributed by atoms with Gasteiger partial charge in [0.15, 0.2) is 0 Å². The van der Waals surface area contributed by atoms with Crippen LogP contribution in [0.15, 0.2) is 47.4 Å². The Morgan fingerprint density at radius 1 is 1.30 bits per heavy atom. The third-order valence-electron chi connectivity index (χ3n) is 5.03. The van der Waals surface area contributed by atoms with E-state index in [1.54, 1.807) is 22.7 Å². The van der Waals surface area contributed by atoms with E-state index in [0.29, 0.717) is 24.2 Å². The molecular weight excluding hydrogens is 360 g/mol. The topological polar surface area (TPSA) is 58.6 Å². The number of benzene rings is 2. The minimum absolute atomic E-state index is 0.0795. The van der Waals surface area contributed by atoms with Gasteiger partial charge in [0.25, 0.3) is 11.8 Å². The fraction of sp³-hybridized carbons (Fsp3) is 0.333. The lowest BCUT2D eigenvalue weighted by Crippen LogP contribution is -2.32. The van der Waals surface area contributed by atoms with Crippen molar-refractivity contribution < 1.29 is 14.3 Å². The summed E-state index contributed by atoms with van der Waals surface area (Å²) in [4.78, 5) is 28.7. The Morgan fingerprint density at radius 3 is 2.93 bits per heavy atom. The standard InChI is InChI=1S/C21H22N2O3S/c1-27-17-8-3-6-15(11-17)22-20(24)18-9-2-5-14-12-23(21(25)19(14)18)13-16-7-4-10-26-16/h2-3,5-6,8-9,11,16H,4,7,10,12-13H2,1H3,(H,22,24)/t16-/m1/s1. The van der Waals surface area contributed by atoms with Gasteiger partial charge in [-0.15, -0.1) is 11.8 Å². The van der Waals surface area contributed by atoms with Crippen LogP contribution in [0.4, 0.5) is 5.69 Å². The summed E-state index contributed by atoms with van der Waals surface area (Å²) in [6.45, 7) is 1.89. The first-order valence-electron chi connectivity index (χ1n) is 9.14. The molecule has 1 fully saturated rings. The van der Waals surface area contributed by atoms with Crippen molar-refractivity contribution in [1.82, 2.24) is 4.90 Å². The molecule has 0 unspecified atom stereocenters. The normalized spacial score (nSPS) is 18.6. The van der Waals surface area contributed by atoms with Gasteiger partial charge >= 0.3 is 0 Å². The van der Waals surface area contributed by atoms with Gasteiger partial charge in [-0.3, -0.25) is 9.59 Å². The van der Waals surface area contributed by atoms with E-state index in [1.165, 1.54) is 0 Å². The maximum atomic E-state index is 12.9. The molecule has 2 heterocycles. The minimum atomic E-state index is -0.252. The van der Waals surface area contributed by atoms with Crippen molar-refractivity contribution in [2.24, 2.45) is 0 Å². The van der Waals surface area contributed by atoms with Gasteiger partial charge in [0, 0.05) is 30.3 Å². The Kier molecular flexibility index (Phi) is 5.18. The number of rotatable bonds is 5. The molecule has 1 N–H and O–H groups in total. The van der Waals surface area contributed by atoms with Gasteiger partial charge in [-0.25, -0.2) is 0 Å². The summed E-state index contributed by atoms with van der Waals surface area (Å²) in [7, 11) is 0. The molecule has 1 atom stereocenters. The molecule has 2 aromatic carbocycles. The van der Waals surface area contributed by atoms with Crippen LogP contribution in [0.5, 0.6) is 0 Å². The molecule has 140 valence electrons. The molecule has 4 rings (SSSR count). The van der Waals surface area contributed by atoms with Crippen molar-refractivity contribution in [3.63, 3.8) is 0 Å². The van der Waals surface area contributed by atoms with Crippen LogP contribution < -0.4 is 5.32 Å². The van der Waals surface area contributed by atoms with Gasteiger partial charge in [-0.05, 0) is 48.9 Å². The van der Waals surface area contributed by atoms with Crippen molar-refractivity contribution in [3.8, 4) is 0 Å². The number of nitrogens with zero attached hydrogens (tertiary/aromatic N) is 1. The number of hydrogen-bond acceptors (Lipinski definition) is 4. The van der Waals surface area contributed by atoms with E-state index in [2.05, 4.69) is 5.32 Å². The minimum Gasteiger partial charge on any atom is -0.376 e. The highest BCUT2D eigenvalue weighted by Crippen LogP contribution is 2.28. The molecule has 6 heteroatoms. The Bertz CT molecular complexity index is 877. The zero-order chi connectivity index (χ0) is 18.8. The van der Waals surface area contributed by atoms with Crippen molar-refractivity contribution >= 4 is 29.3 Å². The molecular formula is C21H22N2O3S. The number of carbonyl (C=O) groups excluding carboxylic acids is 2. The van der Waals surface area contributed by atoms with E-state index >= 15 is 0 Å². The first-order valence-corrected chi connectivity index (χ1v) is 10.4. The van der Waals surface area contributed by atoms with Crippen LogP contribution in [-0.2, 0) is 11.3 Å². The Hall–Kier alpha value is -2.31. The predicted molar refractivity (Wildman–Crippen MR) is 106 cm³/mol. The zero-order valence-corrected chi connectivity index (χ0v) is 16.1. The van der Waals surface area contributed by atoms with Crippen LogP contribution in [-0.4, -0.2) is 42.2 Å². The lowest BCUT2D eigenvalue weighted by molar-refractivity contribution is 0.0544. The number of ether oxygens (including phenoxy) is 1. The van der Waals surface area contributed by atoms with Gasteiger partial charge in [-0.1, -0.05) is 18.2 Å². The first kappa shape index (κ1) is 18.1. The number of amides is 2. The summed E-state index contributed by atoms with van der Waals surface area (Å²) in [6, 6.07) is 13.2. The predicted octanol–water partition coefficient (Wildman–Crippen LogP) is 3.80.